The number of amides is 1. The summed E-state index contributed by atoms with van der Waals surface area (Å²) in [5, 5.41) is 5.90. The molecule has 10 heteroatoms. The van der Waals surface area contributed by atoms with Gasteiger partial charge in [-0.25, -0.2) is 0 Å². The molecule has 0 radical (unpaired) electrons. The summed E-state index contributed by atoms with van der Waals surface area (Å²) in [4.78, 5) is 18.5. The van der Waals surface area contributed by atoms with E-state index < -0.39 is 17.6 Å². The van der Waals surface area contributed by atoms with E-state index in [4.69, 9.17) is 9.47 Å². The number of aliphatic imine (C=N–C) groups is 1. The van der Waals surface area contributed by atoms with E-state index in [9.17, 15) is 18.0 Å². The smallest absolute Gasteiger partial charge is 0.385 e. The fourth-order valence-electron chi connectivity index (χ4n) is 3.28. The Morgan fingerprint density at radius 2 is 1.77 bits per heavy atom. The van der Waals surface area contributed by atoms with Crippen molar-refractivity contribution >= 4 is 11.9 Å². The molecular weight excluding hydrogens is 413 g/mol. The lowest BCUT2D eigenvalue weighted by atomic mass is 10.1. The number of hydrogen-bond donors (Lipinski definition) is 2. The van der Waals surface area contributed by atoms with E-state index in [2.05, 4.69) is 20.5 Å². The average molecular weight is 444 g/mol. The van der Waals surface area contributed by atoms with Crippen LogP contribution in [-0.4, -0.2) is 76.4 Å². The summed E-state index contributed by atoms with van der Waals surface area (Å²) in [5.74, 6) is 0.332. The molecule has 31 heavy (non-hydrogen) atoms. The van der Waals surface area contributed by atoms with Gasteiger partial charge in [0.25, 0.3) is 5.91 Å². The number of likely N-dealkylation sites (tertiary alicyclic amines) is 1. The summed E-state index contributed by atoms with van der Waals surface area (Å²) >= 11 is 0. The van der Waals surface area contributed by atoms with Crippen LogP contribution in [-0.2, 0) is 15.7 Å². The maximum absolute atomic E-state index is 12.6. The van der Waals surface area contributed by atoms with Crippen LogP contribution in [0.2, 0.25) is 0 Å². The lowest BCUT2D eigenvalue weighted by Gasteiger charge is -2.34. The van der Waals surface area contributed by atoms with Crippen LogP contribution in [0.1, 0.15) is 35.2 Å². The van der Waals surface area contributed by atoms with Gasteiger partial charge in [-0.2, -0.15) is 13.2 Å². The third-order valence-electron chi connectivity index (χ3n) is 4.97. The minimum Gasteiger partial charge on any atom is -0.385 e. The van der Waals surface area contributed by atoms with Crippen molar-refractivity contribution < 1.29 is 27.4 Å². The van der Waals surface area contributed by atoms with Crippen LogP contribution < -0.4 is 10.6 Å². The first-order chi connectivity index (χ1) is 14.8. The van der Waals surface area contributed by atoms with E-state index in [0.717, 1.165) is 50.4 Å². The number of ether oxygens (including phenoxy) is 2. The predicted molar refractivity (Wildman–Crippen MR) is 112 cm³/mol. The van der Waals surface area contributed by atoms with Crippen LogP contribution in [0, 0.1) is 0 Å². The number of nitrogens with one attached hydrogen (secondary N) is 2. The molecule has 7 nitrogen and oxygen atoms in total. The Morgan fingerprint density at radius 3 is 2.35 bits per heavy atom. The van der Waals surface area contributed by atoms with Crippen molar-refractivity contribution in [2.75, 3.05) is 53.6 Å². The number of guanidine groups is 1. The number of benzene rings is 1. The van der Waals surface area contributed by atoms with Gasteiger partial charge in [0.1, 0.15) is 0 Å². The van der Waals surface area contributed by atoms with Crippen LogP contribution >= 0.6 is 0 Å². The quantitative estimate of drug-likeness (QED) is 0.348. The highest BCUT2D eigenvalue weighted by Crippen LogP contribution is 2.29. The molecular formula is C21H31F3N4O3. The zero-order chi connectivity index (χ0) is 22.7. The van der Waals surface area contributed by atoms with E-state index in [-0.39, 0.29) is 11.7 Å². The molecule has 0 spiro atoms. The van der Waals surface area contributed by atoms with Crippen molar-refractivity contribution in [1.29, 1.82) is 0 Å². The molecule has 174 valence electrons. The minimum atomic E-state index is -4.42. The third-order valence-corrected chi connectivity index (χ3v) is 4.97. The number of nitrogens with zero attached hydrogens (tertiary/aromatic N) is 2. The Hall–Kier alpha value is -2.33. The minimum absolute atomic E-state index is 0.185. The molecule has 2 N–H and O–H groups in total. The molecule has 1 aromatic rings. The maximum Gasteiger partial charge on any atom is 0.416 e. The monoisotopic (exact) mass is 444 g/mol. The highest BCUT2D eigenvalue weighted by Gasteiger charge is 2.30. The molecule has 1 saturated heterocycles. The van der Waals surface area contributed by atoms with E-state index in [1.54, 1.807) is 14.2 Å². The summed E-state index contributed by atoms with van der Waals surface area (Å²) in [6.07, 6.45) is -1.46. The highest BCUT2D eigenvalue weighted by molar-refractivity contribution is 5.94. The predicted octanol–water partition coefficient (Wildman–Crippen LogP) is 2.53. The van der Waals surface area contributed by atoms with Gasteiger partial charge < -0.3 is 25.0 Å². The zero-order valence-electron chi connectivity index (χ0n) is 18.0. The van der Waals surface area contributed by atoms with Crippen molar-refractivity contribution in [3.05, 3.63) is 35.4 Å². The Bertz CT molecular complexity index is 703. The topological polar surface area (TPSA) is 75.2 Å². The number of carbonyl (C=O) groups excluding carboxylic acids is 1. The van der Waals surface area contributed by atoms with Crippen LogP contribution in [0.15, 0.2) is 29.3 Å². The maximum atomic E-state index is 12.6. The second-order valence-corrected chi connectivity index (χ2v) is 7.21. The Balaban J connectivity index is 1.67. The summed E-state index contributed by atoms with van der Waals surface area (Å²) < 4.78 is 48.7. The molecule has 1 aliphatic heterocycles. The molecule has 1 amide bonds. The number of piperidine rings is 1. The lowest BCUT2D eigenvalue weighted by Crippen LogP contribution is -2.48. The summed E-state index contributed by atoms with van der Waals surface area (Å²) in [6.45, 7) is 3.82. The molecule has 1 aliphatic rings. The van der Waals surface area contributed by atoms with Gasteiger partial charge in [-0.05, 0) is 43.5 Å². The number of halogens is 3. The first-order valence-corrected chi connectivity index (χ1v) is 10.4. The molecule has 0 saturated carbocycles. The molecule has 2 rings (SSSR count). The molecule has 0 bridgehead atoms. The normalized spacial score (nSPS) is 15.8. The number of carbonyl (C=O) groups is 1. The van der Waals surface area contributed by atoms with Gasteiger partial charge in [-0.1, -0.05) is 0 Å². The molecule has 1 aromatic carbocycles. The SMILES string of the molecule is CN=C(NCCNC(=O)c1ccc(C(F)(F)F)cc1)N1CCC(OCCCOC)CC1. The summed E-state index contributed by atoms with van der Waals surface area (Å²) in [5.41, 5.74) is -0.594. The van der Waals surface area contributed by atoms with Gasteiger partial charge in [-0.15, -0.1) is 0 Å². The third kappa shape index (κ3) is 8.37. The van der Waals surface area contributed by atoms with Gasteiger partial charge in [0.2, 0.25) is 0 Å². The standard InChI is InChI=1S/C21H31F3N4O3/c1-25-20(28-12-8-18(9-13-28)31-15-3-14-30-2)27-11-10-26-19(29)16-4-6-17(7-5-16)21(22,23)24/h4-7,18H,3,8-15H2,1-2H3,(H,25,27)(H,26,29). The van der Waals surface area contributed by atoms with Crippen molar-refractivity contribution in [2.45, 2.75) is 31.5 Å². The average Bonchev–Trinajstić information content (AvgIpc) is 2.77. The molecule has 0 aromatic heterocycles. The van der Waals surface area contributed by atoms with Gasteiger partial charge in [0, 0.05) is 59.1 Å². The Morgan fingerprint density at radius 1 is 1.13 bits per heavy atom. The van der Waals surface area contributed by atoms with E-state index in [1.807, 2.05) is 0 Å². The lowest BCUT2D eigenvalue weighted by molar-refractivity contribution is -0.137. The van der Waals surface area contributed by atoms with E-state index in [0.29, 0.717) is 26.3 Å². The van der Waals surface area contributed by atoms with Crippen LogP contribution in [0.25, 0.3) is 0 Å². The van der Waals surface area contributed by atoms with Gasteiger partial charge in [0.15, 0.2) is 5.96 Å². The molecule has 0 atom stereocenters. The number of alkyl halides is 3. The van der Waals surface area contributed by atoms with Crippen molar-refractivity contribution in [3.8, 4) is 0 Å². The first kappa shape index (κ1) is 24.9. The zero-order valence-corrected chi connectivity index (χ0v) is 18.0. The van der Waals surface area contributed by atoms with Crippen LogP contribution in [0.3, 0.4) is 0 Å². The Labute approximate surface area is 181 Å². The van der Waals surface area contributed by atoms with Gasteiger partial charge in [0.05, 0.1) is 11.7 Å². The summed E-state index contributed by atoms with van der Waals surface area (Å²) in [7, 11) is 3.38. The van der Waals surface area contributed by atoms with Crippen LogP contribution in [0.4, 0.5) is 13.2 Å². The molecule has 0 unspecified atom stereocenters. The largest absolute Gasteiger partial charge is 0.416 e. The number of methoxy groups -OCH3 is 1. The fourth-order valence-corrected chi connectivity index (χ4v) is 3.28. The fraction of sp³-hybridized carbons (Fsp3) is 0.619. The second-order valence-electron chi connectivity index (χ2n) is 7.21. The van der Waals surface area contributed by atoms with Crippen molar-refractivity contribution in [3.63, 3.8) is 0 Å². The van der Waals surface area contributed by atoms with Crippen LogP contribution in [0.5, 0.6) is 0 Å². The van der Waals surface area contributed by atoms with Gasteiger partial charge >= 0.3 is 6.18 Å². The highest BCUT2D eigenvalue weighted by atomic mass is 19.4. The summed E-state index contributed by atoms with van der Waals surface area (Å²) in [6, 6.07) is 4.15. The second kappa shape index (κ2) is 12.5. The first-order valence-electron chi connectivity index (χ1n) is 10.4. The van der Waals surface area contributed by atoms with E-state index >= 15 is 0 Å². The van der Waals surface area contributed by atoms with E-state index in [1.165, 1.54) is 12.1 Å². The molecule has 1 fully saturated rings. The Kier molecular flexibility index (Phi) is 10.1. The van der Waals surface area contributed by atoms with Gasteiger partial charge in [-0.3, -0.25) is 9.79 Å². The molecule has 1 heterocycles. The number of rotatable bonds is 9. The number of hydrogen-bond acceptors (Lipinski definition) is 4. The van der Waals surface area contributed by atoms with Crippen molar-refractivity contribution in [1.82, 2.24) is 15.5 Å². The molecule has 0 aliphatic carbocycles. The van der Waals surface area contributed by atoms with Crippen molar-refractivity contribution in [2.24, 2.45) is 4.99 Å².